The van der Waals surface area contributed by atoms with Crippen LogP contribution in [-0.4, -0.2) is 57.2 Å². The minimum absolute atomic E-state index is 0.0872. The lowest BCUT2D eigenvalue weighted by molar-refractivity contribution is -0.920. The Morgan fingerprint density at radius 2 is 1.91 bits per heavy atom. The third-order valence-corrected chi connectivity index (χ3v) is 4.62. The second-order valence-corrected chi connectivity index (χ2v) is 6.35. The van der Waals surface area contributed by atoms with Gasteiger partial charge in [0.2, 0.25) is 5.91 Å². The molecule has 0 aromatic heterocycles. The van der Waals surface area contributed by atoms with Crippen LogP contribution < -0.4 is 15.1 Å². The van der Waals surface area contributed by atoms with E-state index in [-0.39, 0.29) is 17.9 Å². The zero-order valence-corrected chi connectivity index (χ0v) is 13.6. The molecule has 124 valence electrons. The van der Waals surface area contributed by atoms with Crippen molar-refractivity contribution in [2.75, 3.05) is 44.3 Å². The van der Waals surface area contributed by atoms with Gasteiger partial charge in [-0.1, -0.05) is 17.7 Å². The van der Waals surface area contributed by atoms with Crippen molar-refractivity contribution >= 4 is 17.5 Å². The summed E-state index contributed by atoms with van der Waals surface area (Å²) in [6.45, 7) is 7.55. The lowest BCUT2D eigenvalue weighted by atomic mass is 10.2. The minimum atomic E-state index is -0.274. The molecule has 0 bridgehead atoms. The maximum atomic E-state index is 12.5. The molecule has 3 N–H and O–H groups in total. The molecule has 2 heterocycles. The van der Waals surface area contributed by atoms with E-state index in [0.717, 1.165) is 45.0 Å². The second-order valence-electron chi connectivity index (χ2n) is 6.35. The summed E-state index contributed by atoms with van der Waals surface area (Å²) in [5.41, 5.74) is 1.80. The van der Waals surface area contributed by atoms with Gasteiger partial charge in [0.1, 0.15) is 26.2 Å². The Labute approximate surface area is 136 Å². The monoisotopic (exact) mass is 319 g/mol. The molecule has 1 aromatic carbocycles. The molecule has 0 aliphatic carbocycles. The van der Waals surface area contributed by atoms with E-state index >= 15 is 0 Å². The van der Waals surface area contributed by atoms with E-state index in [4.69, 9.17) is 4.74 Å². The van der Waals surface area contributed by atoms with Gasteiger partial charge in [-0.25, -0.2) is 4.90 Å². The van der Waals surface area contributed by atoms with Crippen LogP contribution in [0.3, 0.4) is 0 Å². The Kier molecular flexibility index (Phi) is 5.05. The van der Waals surface area contributed by atoms with E-state index in [1.165, 1.54) is 9.80 Å². The molecule has 0 spiro atoms. The van der Waals surface area contributed by atoms with Crippen LogP contribution in [0.4, 0.5) is 5.69 Å². The Morgan fingerprint density at radius 1 is 1.22 bits per heavy atom. The number of quaternary nitrogens is 2. The smallest absolute Gasteiger partial charge is 0.292 e. The number of carbonyl (C=O) groups is 2. The highest BCUT2D eigenvalue weighted by Gasteiger charge is 2.42. The highest BCUT2D eigenvalue weighted by molar-refractivity contribution is 6.21. The third kappa shape index (κ3) is 3.77. The van der Waals surface area contributed by atoms with E-state index in [0.29, 0.717) is 12.1 Å². The number of rotatable bonds is 5. The predicted octanol–water partition coefficient (Wildman–Crippen LogP) is -1.89. The van der Waals surface area contributed by atoms with Crippen LogP contribution in [0.2, 0.25) is 0 Å². The molecule has 0 saturated carbocycles. The normalized spacial score (nSPS) is 22.8. The summed E-state index contributed by atoms with van der Waals surface area (Å²) in [5, 5.41) is 2.02. The first kappa shape index (κ1) is 16.1. The predicted molar refractivity (Wildman–Crippen MR) is 85.3 cm³/mol. The van der Waals surface area contributed by atoms with Gasteiger partial charge in [-0.15, -0.1) is 0 Å². The Hall–Kier alpha value is -1.76. The maximum absolute atomic E-state index is 12.5. The van der Waals surface area contributed by atoms with Crippen LogP contribution in [0.15, 0.2) is 24.3 Å². The van der Waals surface area contributed by atoms with Crippen LogP contribution in [0.1, 0.15) is 12.0 Å². The van der Waals surface area contributed by atoms with Gasteiger partial charge in [0.25, 0.3) is 5.91 Å². The van der Waals surface area contributed by atoms with Crippen molar-refractivity contribution in [1.29, 1.82) is 0 Å². The van der Waals surface area contributed by atoms with Crippen molar-refractivity contribution in [3.8, 4) is 0 Å². The molecule has 2 fully saturated rings. The number of nitrogens with one attached hydrogen (secondary N) is 1. The van der Waals surface area contributed by atoms with Crippen LogP contribution in [0.25, 0.3) is 0 Å². The van der Waals surface area contributed by atoms with Crippen LogP contribution >= 0.6 is 0 Å². The first-order valence-corrected chi connectivity index (χ1v) is 8.33. The number of carbonyl (C=O) groups excluding carboxylic acids is 2. The van der Waals surface area contributed by atoms with Gasteiger partial charge in [-0.3, -0.25) is 9.59 Å². The van der Waals surface area contributed by atoms with E-state index in [1.807, 2.05) is 36.5 Å². The summed E-state index contributed by atoms with van der Waals surface area (Å²) in [7, 11) is 0. The highest BCUT2D eigenvalue weighted by Crippen LogP contribution is 2.21. The number of aryl methyl sites for hydroxylation is 1. The zero-order chi connectivity index (χ0) is 16.2. The molecule has 2 saturated heterocycles. The molecule has 0 radical (unpaired) electrons. The number of morpholine rings is 1. The maximum Gasteiger partial charge on any atom is 0.292 e. The second kappa shape index (κ2) is 7.21. The first-order chi connectivity index (χ1) is 11.1. The van der Waals surface area contributed by atoms with Gasteiger partial charge in [-0.2, -0.15) is 0 Å². The number of nitrogens with zero attached hydrogens (tertiary/aromatic N) is 1. The molecule has 2 amide bonds. The van der Waals surface area contributed by atoms with Crippen molar-refractivity contribution in [2.24, 2.45) is 0 Å². The van der Waals surface area contributed by atoms with Gasteiger partial charge in [0, 0.05) is 0 Å². The Balaban J connectivity index is 1.54. The average molecular weight is 319 g/mol. The van der Waals surface area contributed by atoms with Crippen molar-refractivity contribution in [3.63, 3.8) is 0 Å². The number of nitrogens with two attached hydrogens (primary N) is 1. The highest BCUT2D eigenvalue weighted by atomic mass is 16.5. The molecule has 3 rings (SSSR count). The quantitative estimate of drug-likeness (QED) is 0.624. The number of imide groups is 1. The van der Waals surface area contributed by atoms with E-state index in [2.05, 4.69) is 0 Å². The summed E-state index contributed by atoms with van der Waals surface area (Å²) in [6.07, 6.45) is 0.297. The minimum Gasteiger partial charge on any atom is -0.370 e. The molecule has 23 heavy (non-hydrogen) atoms. The fraction of sp³-hybridized carbons (Fsp3) is 0.529. The van der Waals surface area contributed by atoms with E-state index < -0.39 is 0 Å². The lowest BCUT2D eigenvalue weighted by Crippen LogP contribution is -3.16. The number of hydrogen-bond acceptors (Lipinski definition) is 3. The number of hydrogen-bond donors (Lipinski definition) is 2. The van der Waals surface area contributed by atoms with Crippen LogP contribution in [0.5, 0.6) is 0 Å². The molecule has 2 aliphatic rings. The van der Waals surface area contributed by atoms with Gasteiger partial charge >= 0.3 is 0 Å². The van der Waals surface area contributed by atoms with Gasteiger partial charge in [0.05, 0.1) is 25.3 Å². The molecular formula is C17H25N3O3+2. The lowest BCUT2D eigenvalue weighted by Gasteiger charge is -2.23. The van der Waals surface area contributed by atoms with Crippen LogP contribution in [-0.2, 0) is 14.3 Å². The van der Waals surface area contributed by atoms with E-state index in [9.17, 15) is 9.59 Å². The summed E-state index contributed by atoms with van der Waals surface area (Å²) in [5.74, 6) is -0.186. The number of amides is 2. The molecule has 0 unspecified atom stereocenters. The van der Waals surface area contributed by atoms with Gasteiger partial charge in [-0.05, 0) is 19.1 Å². The third-order valence-electron chi connectivity index (χ3n) is 4.62. The SMILES string of the molecule is Cc1ccc(N2C(=O)C[C@H]([NH2+]CC[NH+]3CCOCC3)C2=O)cc1. The summed E-state index contributed by atoms with van der Waals surface area (Å²) in [6, 6.07) is 7.25. The van der Waals surface area contributed by atoms with Gasteiger partial charge in [0.15, 0.2) is 6.04 Å². The number of anilines is 1. The largest absolute Gasteiger partial charge is 0.370 e. The molecule has 6 nitrogen and oxygen atoms in total. The van der Waals surface area contributed by atoms with Gasteiger partial charge < -0.3 is 15.0 Å². The van der Waals surface area contributed by atoms with Crippen molar-refractivity contribution in [2.45, 2.75) is 19.4 Å². The Morgan fingerprint density at radius 3 is 2.61 bits per heavy atom. The topological polar surface area (TPSA) is 67.7 Å². The van der Waals surface area contributed by atoms with Crippen molar-refractivity contribution in [1.82, 2.24) is 0 Å². The molecule has 1 aromatic rings. The Bertz CT molecular complexity index is 567. The summed E-state index contributed by atoms with van der Waals surface area (Å²) < 4.78 is 5.35. The fourth-order valence-corrected chi connectivity index (χ4v) is 3.20. The zero-order valence-electron chi connectivity index (χ0n) is 13.6. The fourth-order valence-electron chi connectivity index (χ4n) is 3.20. The van der Waals surface area contributed by atoms with E-state index in [1.54, 1.807) is 0 Å². The molecule has 1 atom stereocenters. The molecule has 2 aliphatic heterocycles. The summed E-state index contributed by atoms with van der Waals surface area (Å²) >= 11 is 0. The van der Waals surface area contributed by atoms with Crippen molar-refractivity contribution in [3.05, 3.63) is 29.8 Å². The molecular weight excluding hydrogens is 294 g/mol. The number of ether oxygens (including phenoxy) is 1. The summed E-state index contributed by atoms with van der Waals surface area (Å²) in [4.78, 5) is 27.6. The first-order valence-electron chi connectivity index (χ1n) is 8.33. The van der Waals surface area contributed by atoms with Crippen molar-refractivity contribution < 1.29 is 24.5 Å². The standard InChI is InChI=1S/C17H23N3O3/c1-13-2-4-14(5-3-13)20-16(21)12-15(17(20)22)18-6-7-19-8-10-23-11-9-19/h2-5,15,18H,6-12H2,1H3/p+2/t15-/m0/s1. The number of benzene rings is 1. The van der Waals surface area contributed by atoms with Crippen LogP contribution in [0, 0.1) is 6.92 Å². The average Bonchev–Trinajstić information content (AvgIpc) is 2.84. The molecule has 6 heteroatoms.